The number of hydrogen-bond acceptors (Lipinski definition) is 4. The van der Waals surface area contributed by atoms with E-state index in [-0.39, 0.29) is 16.5 Å². The van der Waals surface area contributed by atoms with Gasteiger partial charge in [0.2, 0.25) is 5.91 Å². The molecule has 0 aromatic heterocycles. The summed E-state index contributed by atoms with van der Waals surface area (Å²) < 4.78 is 14.4. The molecule has 1 aliphatic heterocycles. The second-order valence-electron chi connectivity index (χ2n) is 7.20. The number of carbonyl (C=O) groups excluding carboxylic acids is 2. The number of amides is 2. The predicted molar refractivity (Wildman–Crippen MR) is 131 cm³/mol. The minimum atomic E-state index is -0.623. The van der Waals surface area contributed by atoms with Gasteiger partial charge >= 0.3 is 0 Å². The van der Waals surface area contributed by atoms with E-state index in [1.807, 2.05) is 36.4 Å². The van der Waals surface area contributed by atoms with Gasteiger partial charge in [0.05, 0.1) is 5.25 Å². The summed E-state index contributed by atoms with van der Waals surface area (Å²) in [4.78, 5) is 27.7. The van der Waals surface area contributed by atoms with Crippen LogP contribution in [0.15, 0.2) is 93.9 Å². The third kappa shape index (κ3) is 5.16. The Morgan fingerprint density at radius 3 is 2.36 bits per heavy atom. The van der Waals surface area contributed by atoms with Gasteiger partial charge in [0.15, 0.2) is 0 Å². The van der Waals surface area contributed by atoms with Gasteiger partial charge in [-0.15, -0.1) is 0 Å². The van der Waals surface area contributed by atoms with Crippen molar-refractivity contribution < 1.29 is 14.0 Å². The Bertz CT molecular complexity index is 1260. The summed E-state index contributed by atoms with van der Waals surface area (Å²) in [7, 11) is 0. The second-order valence-corrected chi connectivity index (χ2v) is 9.31. The zero-order valence-electron chi connectivity index (χ0n) is 17.2. The molecule has 3 aromatic carbocycles. The summed E-state index contributed by atoms with van der Waals surface area (Å²) in [6, 6.07) is 23.8. The van der Waals surface area contributed by atoms with E-state index in [2.05, 4.69) is 21.2 Å². The minimum Gasteiger partial charge on any atom is -0.321 e. The molecule has 164 valence electrons. The first-order valence-electron chi connectivity index (χ1n) is 9.97. The van der Waals surface area contributed by atoms with Crippen LogP contribution < -0.4 is 10.2 Å². The maximum atomic E-state index is 13.5. The second kappa shape index (κ2) is 10.0. The molecular formula is C25H17BrFN3O2S. The Kier molecular flexibility index (Phi) is 6.92. The van der Waals surface area contributed by atoms with Crippen LogP contribution in [-0.2, 0) is 16.0 Å². The van der Waals surface area contributed by atoms with Crippen LogP contribution in [-0.4, -0.2) is 17.1 Å². The van der Waals surface area contributed by atoms with E-state index in [4.69, 9.17) is 0 Å². The number of halogens is 2. The Balaban J connectivity index is 1.72. The fourth-order valence-corrected chi connectivity index (χ4v) is 4.94. The van der Waals surface area contributed by atoms with E-state index >= 15 is 0 Å². The molecule has 1 aliphatic rings. The van der Waals surface area contributed by atoms with E-state index in [9.17, 15) is 19.2 Å². The average Bonchev–Trinajstić information content (AvgIpc) is 3.12. The van der Waals surface area contributed by atoms with Gasteiger partial charge in [0, 0.05) is 15.8 Å². The Morgan fingerprint density at radius 1 is 1.06 bits per heavy atom. The smallest absolute Gasteiger partial charge is 0.269 e. The Hall–Kier alpha value is -3.41. The average molecular weight is 522 g/mol. The van der Waals surface area contributed by atoms with Gasteiger partial charge in [0.1, 0.15) is 22.5 Å². The monoisotopic (exact) mass is 521 g/mol. The molecule has 0 bridgehead atoms. The number of thioether (sulfide) groups is 1. The molecule has 2 amide bonds. The first-order valence-corrected chi connectivity index (χ1v) is 11.6. The van der Waals surface area contributed by atoms with Gasteiger partial charge in [-0.25, -0.2) is 4.39 Å². The Morgan fingerprint density at radius 2 is 1.73 bits per heavy atom. The van der Waals surface area contributed by atoms with E-state index < -0.39 is 17.0 Å². The van der Waals surface area contributed by atoms with Crippen molar-refractivity contribution in [1.82, 2.24) is 0 Å². The third-order valence-corrected chi connectivity index (χ3v) is 6.75. The van der Waals surface area contributed by atoms with Crippen LogP contribution in [0.1, 0.15) is 5.56 Å². The summed E-state index contributed by atoms with van der Waals surface area (Å²) in [5.41, 5.74) is 1.68. The van der Waals surface area contributed by atoms with Crippen LogP contribution in [0.25, 0.3) is 0 Å². The van der Waals surface area contributed by atoms with Gasteiger partial charge in [-0.2, -0.15) is 5.26 Å². The first-order chi connectivity index (χ1) is 16.0. The molecule has 8 heteroatoms. The van der Waals surface area contributed by atoms with Gasteiger partial charge < -0.3 is 5.32 Å². The van der Waals surface area contributed by atoms with E-state index in [1.165, 1.54) is 40.9 Å². The highest BCUT2D eigenvalue weighted by molar-refractivity contribution is 9.10. The zero-order valence-corrected chi connectivity index (χ0v) is 19.6. The van der Waals surface area contributed by atoms with E-state index in [0.717, 1.165) is 10.0 Å². The van der Waals surface area contributed by atoms with E-state index in [0.29, 0.717) is 17.8 Å². The van der Waals surface area contributed by atoms with Gasteiger partial charge in [0.25, 0.3) is 5.91 Å². The van der Waals surface area contributed by atoms with Crippen molar-refractivity contribution in [2.45, 2.75) is 11.7 Å². The molecule has 0 aliphatic carbocycles. The third-order valence-electron chi connectivity index (χ3n) is 4.96. The summed E-state index contributed by atoms with van der Waals surface area (Å²) in [6.45, 7) is 0. The van der Waals surface area contributed by atoms with Gasteiger partial charge in [-0.3, -0.25) is 14.5 Å². The molecule has 0 unspecified atom stereocenters. The minimum absolute atomic E-state index is 0.184. The highest BCUT2D eigenvalue weighted by Crippen LogP contribution is 2.42. The SMILES string of the molecule is N#C/C(C(=O)Nc1ccc(Br)cc1)=C1/S[C@@H](Cc2ccccc2)C(=O)N1c1ccc(F)cc1. The molecule has 4 rings (SSSR count). The van der Waals surface area contributed by atoms with Crippen molar-refractivity contribution in [3.63, 3.8) is 0 Å². The molecule has 33 heavy (non-hydrogen) atoms. The standard InChI is InChI=1S/C25H17BrFN3O2S/c26-17-6-10-19(11-7-17)29-23(31)21(15-28)25-30(20-12-8-18(27)9-13-20)24(32)22(33-25)14-16-4-2-1-3-5-16/h1-13,22H,14H2,(H,29,31)/b25-21-/t22-/m0/s1. The van der Waals surface area contributed by atoms with Crippen LogP contribution in [0.4, 0.5) is 15.8 Å². The summed E-state index contributed by atoms with van der Waals surface area (Å²) in [5, 5.41) is 12.3. The normalized spacial score (nSPS) is 16.9. The molecule has 1 N–H and O–H groups in total. The molecule has 3 aromatic rings. The van der Waals surface area contributed by atoms with Crippen molar-refractivity contribution in [3.8, 4) is 6.07 Å². The van der Waals surface area contributed by atoms with Crippen LogP contribution in [0.5, 0.6) is 0 Å². The molecule has 0 radical (unpaired) electrons. The molecule has 0 spiro atoms. The first kappa shape index (κ1) is 22.8. The number of nitrogens with one attached hydrogen (secondary N) is 1. The molecule has 0 saturated carbocycles. The van der Waals surface area contributed by atoms with Gasteiger partial charge in [-0.1, -0.05) is 58.0 Å². The highest BCUT2D eigenvalue weighted by Gasteiger charge is 2.40. The maximum Gasteiger partial charge on any atom is 0.269 e. The number of benzene rings is 3. The molecule has 1 atom stereocenters. The van der Waals surface area contributed by atoms with Crippen molar-refractivity contribution in [1.29, 1.82) is 5.26 Å². The fraction of sp³-hybridized carbons (Fsp3) is 0.0800. The lowest BCUT2D eigenvalue weighted by Crippen LogP contribution is -2.30. The summed E-state index contributed by atoms with van der Waals surface area (Å²) in [6.07, 6.45) is 0.429. The van der Waals surface area contributed by atoms with Crippen LogP contribution >= 0.6 is 27.7 Å². The topological polar surface area (TPSA) is 73.2 Å². The highest BCUT2D eigenvalue weighted by atomic mass is 79.9. The van der Waals surface area contributed by atoms with Crippen molar-refractivity contribution >= 4 is 50.9 Å². The maximum absolute atomic E-state index is 13.5. The number of nitrogens with zero attached hydrogens (tertiary/aromatic N) is 2. The predicted octanol–water partition coefficient (Wildman–Crippen LogP) is 5.65. The lowest BCUT2D eigenvalue weighted by Gasteiger charge is -2.18. The molecule has 5 nitrogen and oxygen atoms in total. The van der Waals surface area contributed by atoms with Gasteiger partial charge in [-0.05, 0) is 60.5 Å². The summed E-state index contributed by atoms with van der Waals surface area (Å²) in [5.74, 6) is -1.34. The molecule has 1 heterocycles. The number of rotatable bonds is 5. The molecule has 1 fully saturated rings. The molecular weight excluding hydrogens is 505 g/mol. The number of carbonyl (C=O) groups is 2. The van der Waals surface area contributed by atoms with Crippen molar-refractivity contribution in [2.24, 2.45) is 0 Å². The van der Waals surface area contributed by atoms with Crippen LogP contribution in [0.3, 0.4) is 0 Å². The molecule has 1 saturated heterocycles. The number of nitriles is 1. The fourth-order valence-electron chi connectivity index (χ4n) is 3.37. The van der Waals surface area contributed by atoms with Crippen LogP contribution in [0.2, 0.25) is 0 Å². The lowest BCUT2D eigenvalue weighted by molar-refractivity contribution is -0.117. The number of hydrogen-bond donors (Lipinski definition) is 1. The quantitative estimate of drug-likeness (QED) is 0.347. The van der Waals surface area contributed by atoms with E-state index in [1.54, 1.807) is 24.3 Å². The number of anilines is 2. The van der Waals surface area contributed by atoms with Crippen molar-refractivity contribution in [2.75, 3.05) is 10.2 Å². The van der Waals surface area contributed by atoms with Crippen LogP contribution in [0, 0.1) is 17.1 Å². The zero-order chi connectivity index (χ0) is 23.4. The summed E-state index contributed by atoms with van der Waals surface area (Å²) >= 11 is 4.50. The Labute approximate surface area is 203 Å². The lowest BCUT2D eigenvalue weighted by atomic mass is 10.1. The largest absolute Gasteiger partial charge is 0.321 e. The van der Waals surface area contributed by atoms with Crippen molar-refractivity contribution in [3.05, 3.63) is 105 Å².